The van der Waals surface area contributed by atoms with Gasteiger partial charge in [0, 0.05) is 63.2 Å². The molecule has 1 amide bonds. The van der Waals surface area contributed by atoms with Gasteiger partial charge >= 0.3 is 6.18 Å². The SMILES string of the molecule is O=C(CCCNc1ccc([N+](=O)[O-])cc1)N1CCN(c2ccc(C(F)(F)F)cn2)CC1. The Morgan fingerprint density at radius 2 is 1.77 bits per heavy atom. The van der Waals surface area contributed by atoms with Crippen molar-refractivity contribution in [1.82, 2.24) is 9.88 Å². The summed E-state index contributed by atoms with van der Waals surface area (Å²) in [4.78, 5) is 30.1. The summed E-state index contributed by atoms with van der Waals surface area (Å²) >= 11 is 0. The van der Waals surface area contributed by atoms with Crippen LogP contribution in [0.2, 0.25) is 0 Å². The number of aromatic nitrogens is 1. The van der Waals surface area contributed by atoms with E-state index in [1.54, 1.807) is 17.0 Å². The minimum absolute atomic E-state index is 0.0190. The Bertz CT molecular complexity index is 896. The molecule has 0 radical (unpaired) electrons. The first-order valence-corrected chi connectivity index (χ1v) is 9.78. The molecule has 11 heteroatoms. The van der Waals surface area contributed by atoms with Crippen LogP contribution in [-0.2, 0) is 11.0 Å². The summed E-state index contributed by atoms with van der Waals surface area (Å²) in [6.45, 7) is 2.53. The van der Waals surface area contributed by atoms with Gasteiger partial charge in [0.05, 0.1) is 10.5 Å². The summed E-state index contributed by atoms with van der Waals surface area (Å²) in [6, 6.07) is 8.43. The number of hydrogen-bond donors (Lipinski definition) is 1. The van der Waals surface area contributed by atoms with E-state index in [9.17, 15) is 28.1 Å². The summed E-state index contributed by atoms with van der Waals surface area (Å²) in [7, 11) is 0. The molecule has 1 aromatic carbocycles. The van der Waals surface area contributed by atoms with E-state index >= 15 is 0 Å². The molecule has 0 aliphatic carbocycles. The summed E-state index contributed by atoms with van der Waals surface area (Å²) < 4.78 is 37.9. The number of halogens is 3. The highest BCUT2D eigenvalue weighted by Crippen LogP contribution is 2.29. The number of rotatable bonds is 7. The van der Waals surface area contributed by atoms with Crippen molar-refractivity contribution in [3.05, 3.63) is 58.3 Å². The van der Waals surface area contributed by atoms with Gasteiger partial charge in [-0.15, -0.1) is 0 Å². The minimum atomic E-state index is -4.41. The number of alkyl halides is 3. The number of nitro groups is 1. The Hall–Kier alpha value is -3.37. The normalized spacial score (nSPS) is 14.4. The zero-order valence-electron chi connectivity index (χ0n) is 16.6. The third kappa shape index (κ3) is 6.06. The topological polar surface area (TPSA) is 91.6 Å². The minimum Gasteiger partial charge on any atom is -0.385 e. The van der Waals surface area contributed by atoms with E-state index in [0.717, 1.165) is 18.0 Å². The lowest BCUT2D eigenvalue weighted by Crippen LogP contribution is -2.49. The van der Waals surface area contributed by atoms with Gasteiger partial charge in [0.1, 0.15) is 5.82 Å². The van der Waals surface area contributed by atoms with Crippen molar-refractivity contribution in [2.45, 2.75) is 19.0 Å². The van der Waals surface area contributed by atoms with Crippen molar-refractivity contribution in [3.8, 4) is 0 Å². The fraction of sp³-hybridized carbons (Fsp3) is 0.400. The number of piperazine rings is 1. The largest absolute Gasteiger partial charge is 0.417 e. The number of nitrogens with one attached hydrogen (secondary N) is 1. The standard InChI is InChI=1S/C20H22F3N5O3/c21-20(22,23)15-3-8-18(25-14-15)26-10-12-27(13-11-26)19(29)2-1-9-24-16-4-6-17(7-5-16)28(30)31/h3-8,14,24H,1-2,9-13H2. The molecule has 8 nitrogen and oxygen atoms in total. The second-order valence-electron chi connectivity index (χ2n) is 7.10. The van der Waals surface area contributed by atoms with E-state index in [2.05, 4.69) is 10.3 Å². The summed E-state index contributed by atoms with van der Waals surface area (Å²) in [5.41, 5.74) is -0.0190. The third-order valence-electron chi connectivity index (χ3n) is 5.01. The van der Waals surface area contributed by atoms with Gasteiger partial charge in [0.2, 0.25) is 5.91 Å². The molecule has 0 bridgehead atoms. The molecule has 0 unspecified atom stereocenters. The number of carbonyl (C=O) groups is 1. The Morgan fingerprint density at radius 1 is 1.10 bits per heavy atom. The molecule has 1 aliphatic heterocycles. The number of amides is 1. The van der Waals surface area contributed by atoms with Crippen LogP contribution in [0.1, 0.15) is 18.4 Å². The fourth-order valence-electron chi connectivity index (χ4n) is 3.26. The number of non-ortho nitro benzene ring substituents is 1. The number of pyridine rings is 1. The zero-order valence-corrected chi connectivity index (χ0v) is 16.6. The fourth-order valence-corrected chi connectivity index (χ4v) is 3.26. The van der Waals surface area contributed by atoms with Gasteiger partial charge in [-0.1, -0.05) is 0 Å². The second-order valence-corrected chi connectivity index (χ2v) is 7.10. The van der Waals surface area contributed by atoms with Crippen LogP contribution in [0.15, 0.2) is 42.6 Å². The molecule has 31 heavy (non-hydrogen) atoms. The predicted molar refractivity (Wildman–Crippen MR) is 109 cm³/mol. The van der Waals surface area contributed by atoms with Gasteiger partial charge in [0.25, 0.3) is 5.69 Å². The summed E-state index contributed by atoms with van der Waals surface area (Å²) in [6.07, 6.45) is -2.62. The quantitative estimate of drug-likeness (QED) is 0.405. The second kappa shape index (κ2) is 9.63. The molecule has 1 N–H and O–H groups in total. The van der Waals surface area contributed by atoms with Crippen LogP contribution in [0.4, 0.5) is 30.4 Å². The summed E-state index contributed by atoms with van der Waals surface area (Å²) in [5.74, 6) is 0.484. The van der Waals surface area contributed by atoms with E-state index in [4.69, 9.17) is 0 Å². The first-order chi connectivity index (χ1) is 14.7. The maximum Gasteiger partial charge on any atom is 0.417 e. The van der Waals surface area contributed by atoms with Crippen LogP contribution in [0, 0.1) is 10.1 Å². The molecule has 1 aromatic heterocycles. The maximum atomic E-state index is 12.6. The van der Waals surface area contributed by atoms with Crippen LogP contribution in [0.3, 0.4) is 0 Å². The van der Waals surface area contributed by atoms with Crippen molar-refractivity contribution in [2.24, 2.45) is 0 Å². The molecule has 0 saturated carbocycles. The van der Waals surface area contributed by atoms with Crippen molar-refractivity contribution < 1.29 is 22.9 Å². The number of nitro benzene ring substituents is 1. The van der Waals surface area contributed by atoms with E-state index in [-0.39, 0.29) is 11.6 Å². The first-order valence-electron chi connectivity index (χ1n) is 9.78. The monoisotopic (exact) mass is 437 g/mol. The zero-order chi connectivity index (χ0) is 22.4. The summed E-state index contributed by atoms with van der Waals surface area (Å²) in [5, 5.41) is 13.8. The number of carbonyl (C=O) groups excluding carboxylic acids is 1. The molecular formula is C20H22F3N5O3. The van der Waals surface area contributed by atoms with E-state index in [0.29, 0.717) is 51.4 Å². The average molecular weight is 437 g/mol. The van der Waals surface area contributed by atoms with Gasteiger partial charge in [-0.05, 0) is 30.7 Å². The maximum absolute atomic E-state index is 12.6. The molecule has 0 spiro atoms. The predicted octanol–water partition coefficient (Wildman–Crippen LogP) is 3.55. The van der Waals surface area contributed by atoms with Gasteiger partial charge in [-0.25, -0.2) is 4.98 Å². The van der Waals surface area contributed by atoms with Crippen LogP contribution in [-0.4, -0.2) is 53.4 Å². The highest BCUT2D eigenvalue weighted by Gasteiger charge is 2.31. The average Bonchev–Trinajstić information content (AvgIpc) is 2.76. The van der Waals surface area contributed by atoms with Gasteiger partial charge in [-0.2, -0.15) is 13.2 Å². The Morgan fingerprint density at radius 3 is 2.32 bits per heavy atom. The first kappa shape index (κ1) is 22.3. The lowest BCUT2D eigenvalue weighted by atomic mass is 10.2. The molecule has 2 aromatic rings. The third-order valence-corrected chi connectivity index (χ3v) is 5.01. The molecule has 3 rings (SSSR count). The Balaban J connectivity index is 1.38. The molecule has 166 valence electrons. The van der Waals surface area contributed by atoms with Gasteiger partial charge in [-0.3, -0.25) is 14.9 Å². The Kier molecular flexibility index (Phi) is 6.93. The van der Waals surface area contributed by atoms with Crippen molar-refractivity contribution in [3.63, 3.8) is 0 Å². The van der Waals surface area contributed by atoms with E-state index in [1.807, 2.05) is 4.90 Å². The van der Waals surface area contributed by atoms with Crippen molar-refractivity contribution >= 4 is 23.1 Å². The number of hydrogen-bond acceptors (Lipinski definition) is 6. The molecule has 0 atom stereocenters. The highest BCUT2D eigenvalue weighted by atomic mass is 19.4. The van der Waals surface area contributed by atoms with Crippen LogP contribution in [0.5, 0.6) is 0 Å². The van der Waals surface area contributed by atoms with Crippen molar-refractivity contribution in [1.29, 1.82) is 0 Å². The molecule has 1 aliphatic rings. The van der Waals surface area contributed by atoms with Gasteiger partial charge < -0.3 is 15.1 Å². The highest BCUT2D eigenvalue weighted by molar-refractivity contribution is 5.76. The Labute approximate surface area is 176 Å². The van der Waals surface area contributed by atoms with Crippen molar-refractivity contribution in [2.75, 3.05) is 42.9 Å². The van der Waals surface area contributed by atoms with Crippen LogP contribution >= 0.6 is 0 Å². The molecular weight excluding hydrogens is 415 g/mol. The lowest BCUT2D eigenvalue weighted by molar-refractivity contribution is -0.384. The van der Waals surface area contributed by atoms with E-state index < -0.39 is 16.7 Å². The molecule has 1 saturated heterocycles. The van der Waals surface area contributed by atoms with Crippen LogP contribution in [0.25, 0.3) is 0 Å². The molecule has 1 fully saturated rings. The number of nitrogens with zero attached hydrogens (tertiary/aromatic N) is 4. The molecule has 2 heterocycles. The lowest BCUT2D eigenvalue weighted by Gasteiger charge is -2.35. The van der Waals surface area contributed by atoms with Gasteiger partial charge in [0.15, 0.2) is 0 Å². The number of anilines is 2. The number of benzene rings is 1. The van der Waals surface area contributed by atoms with E-state index in [1.165, 1.54) is 18.2 Å². The van der Waals surface area contributed by atoms with Crippen LogP contribution < -0.4 is 10.2 Å². The smallest absolute Gasteiger partial charge is 0.385 e.